The van der Waals surface area contributed by atoms with Gasteiger partial charge in [-0.2, -0.15) is 4.31 Å². The summed E-state index contributed by atoms with van der Waals surface area (Å²) in [6.07, 6.45) is 0.0855. The molecule has 0 unspecified atom stereocenters. The number of benzene rings is 1. The van der Waals surface area contributed by atoms with Crippen LogP contribution in [0.2, 0.25) is 5.02 Å². The van der Waals surface area contributed by atoms with Gasteiger partial charge in [0.15, 0.2) is 9.84 Å². The van der Waals surface area contributed by atoms with Crippen molar-refractivity contribution < 1.29 is 26.0 Å². The molecule has 1 aromatic carbocycles. The van der Waals surface area contributed by atoms with Gasteiger partial charge in [-0.05, 0) is 18.6 Å². The fourth-order valence-corrected chi connectivity index (χ4v) is 8.00. The summed E-state index contributed by atoms with van der Waals surface area (Å²) in [5.74, 6) is -1.83. The molecule has 0 aromatic heterocycles. The molecule has 0 radical (unpaired) electrons. The molecule has 2 N–H and O–H groups in total. The second-order valence-corrected chi connectivity index (χ2v) is 11.5. The Morgan fingerprint density at radius 2 is 1.85 bits per heavy atom. The first-order valence-electron chi connectivity index (χ1n) is 8.24. The summed E-state index contributed by atoms with van der Waals surface area (Å²) in [5, 5.41) is -0.906. The number of anilines is 1. The molecule has 150 valence electrons. The molecule has 1 amide bonds. The van der Waals surface area contributed by atoms with Crippen LogP contribution in [-0.4, -0.2) is 74.9 Å². The van der Waals surface area contributed by atoms with E-state index in [1.807, 2.05) is 0 Å². The van der Waals surface area contributed by atoms with Crippen molar-refractivity contribution >= 4 is 43.1 Å². The molecule has 2 fully saturated rings. The van der Waals surface area contributed by atoms with E-state index in [1.54, 1.807) is 0 Å². The summed E-state index contributed by atoms with van der Waals surface area (Å²) in [6.45, 7) is 0.247. The maximum atomic E-state index is 13.7. The van der Waals surface area contributed by atoms with Gasteiger partial charge in [-0.1, -0.05) is 11.6 Å². The van der Waals surface area contributed by atoms with Gasteiger partial charge < -0.3 is 10.6 Å². The molecule has 1 aromatic rings. The molecule has 1 atom stereocenters. The lowest BCUT2D eigenvalue weighted by Gasteiger charge is -2.35. The number of amides is 1. The van der Waals surface area contributed by atoms with Crippen molar-refractivity contribution in [2.75, 3.05) is 43.4 Å². The molecule has 2 aliphatic rings. The third-order valence-electron chi connectivity index (χ3n) is 4.82. The summed E-state index contributed by atoms with van der Waals surface area (Å²) >= 11 is 5.78. The summed E-state index contributed by atoms with van der Waals surface area (Å²) in [7, 11) is -7.08. The van der Waals surface area contributed by atoms with Crippen molar-refractivity contribution in [2.45, 2.75) is 11.7 Å². The zero-order valence-electron chi connectivity index (χ0n) is 14.3. The Hall–Kier alpha value is -1.43. The van der Waals surface area contributed by atoms with Gasteiger partial charge in [0, 0.05) is 31.2 Å². The van der Waals surface area contributed by atoms with Gasteiger partial charge in [-0.25, -0.2) is 21.2 Å². The van der Waals surface area contributed by atoms with Crippen LogP contribution in [0.3, 0.4) is 0 Å². The Morgan fingerprint density at radius 1 is 1.22 bits per heavy atom. The molecule has 0 bridgehead atoms. The lowest BCUT2D eigenvalue weighted by Crippen LogP contribution is -2.52. The number of carbonyl (C=O) groups is 1. The number of hydrogen-bond donors (Lipinski definition) is 1. The first-order chi connectivity index (χ1) is 12.5. The molecule has 12 heteroatoms. The number of sulfone groups is 1. The monoisotopic (exact) mass is 439 g/mol. The molecule has 2 saturated heterocycles. The Kier molecular flexibility index (Phi) is 5.41. The highest BCUT2D eigenvalue weighted by Crippen LogP contribution is 2.26. The average Bonchev–Trinajstić information content (AvgIpc) is 2.98. The van der Waals surface area contributed by atoms with E-state index in [-0.39, 0.29) is 60.4 Å². The minimum absolute atomic E-state index is 0.0353. The second kappa shape index (κ2) is 7.19. The highest BCUT2D eigenvalue weighted by Gasteiger charge is 2.41. The Morgan fingerprint density at radius 3 is 2.41 bits per heavy atom. The molecular formula is C15H19ClFN3O5S2. The molecule has 2 aliphatic heterocycles. The van der Waals surface area contributed by atoms with Gasteiger partial charge in [-0.15, -0.1) is 0 Å². The second-order valence-electron chi connectivity index (χ2n) is 6.61. The first kappa shape index (κ1) is 20.3. The lowest BCUT2D eigenvalue weighted by molar-refractivity contribution is 0.0698. The molecule has 0 saturated carbocycles. The van der Waals surface area contributed by atoms with Gasteiger partial charge >= 0.3 is 0 Å². The van der Waals surface area contributed by atoms with E-state index in [9.17, 15) is 26.0 Å². The summed E-state index contributed by atoms with van der Waals surface area (Å²) < 4.78 is 63.3. The molecular weight excluding hydrogens is 421 g/mol. The number of nitrogens with two attached hydrogens (primary N) is 1. The molecule has 3 rings (SSSR count). The van der Waals surface area contributed by atoms with E-state index in [0.717, 1.165) is 6.07 Å². The van der Waals surface area contributed by atoms with E-state index in [4.69, 9.17) is 17.3 Å². The quantitative estimate of drug-likeness (QED) is 0.678. The largest absolute Gasteiger partial charge is 0.396 e. The van der Waals surface area contributed by atoms with Gasteiger partial charge in [0.25, 0.3) is 5.91 Å². The van der Waals surface area contributed by atoms with Gasteiger partial charge in [0.1, 0.15) is 5.82 Å². The van der Waals surface area contributed by atoms with Crippen LogP contribution in [0.1, 0.15) is 16.8 Å². The molecule has 2 heterocycles. The van der Waals surface area contributed by atoms with E-state index in [2.05, 4.69) is 0 Å². The number of nitrogens with zero attached hydrogens (tertiary/aromatic N) is 2. The Labute approximate surface area is 162 Å². The third-order valence-corrected chi connectivity index (χ3v) is 9.35. The van der Waals surface area contributed by atoms with Gasteiger partial charge in [0.05, 0.1) is 28.0 Å². The van der Waals surface area contributed by atoms with Crippen LogP contribution in [0.15, 0.2) is 12.1 Å². The smallest absolute Gasteiger partial charge is 0.256 e. The number of rotatable bonds is 3. The summed E-state index contributed by atoms with van der Waals surface area (Å²) in [5.41, 5.74) is 5.24. The average molecular weight is 440 g/mol. The van der Waals surface area contributed by atoms with Crippen molar-refractivity contribution in [3.63, 3.8) is 0 Å². The van der Waals surface area contributed by atoms with Crippen LogP contribution in [0.5, 0.6) is 0 Å². The minimum atomic E-state index is -3.76. The highest BCUT2D eigenvalue weighted by molar-refractivity contribution is 7.95. The number of halogens is 2. The predicted octanol–water partition coefficient (Wildman–Crippen LogP) is 0.336. The van der Waals surface area contributed by atoms with Crippen LogP contribution in [0.4, 0.5) is 10.1 Å². The van der Waals surface area contributed by atoms with Crippen LogP contribution < -0.4 is 5.73 Å². The van der Waals surface area contributed by atoms with E-state index in [1.165, 1.54) is 15.3 Å². The topological polar surface area (TPSA) is 118 Å². The number of nitrogen functional groups attached to an aromatic ring is 1. The van der Waals surface area contributed by atoms with Crippen molar-refractivity contribution in [3.05, 3.63) is 28.5 Å². The highest BCUT2D eigenvalue weighted by atomic mass is 35.5. The van der Waals surface area contributed by atoms with Crippen LogP contribution in [0, 0.1) is 5.82 Å². The summed E-state index contributed by atoms with van der Waals surface area (Å²) in [4.78, 5) is 14.0. The van der Waals surface area contributed by atoms with E-state index in [0.29, 0.717) is 0 Å². The van der Waals surface area contributed by atoms with Crippen LogP contribution in [0.25, 0.3) is 0 Å². The Balaban J connectivity index is 1.70. The third kappa shape index (κ3) is 4.05. The minimum Gasteiger partial charge on any atom is -0.396 e. The van der Waals surface area contributed by atoms with Gasteiger partial charge in [0.2, 0.25) is 10.0 Å². The van der Waals surface area contributed by atoms with Crippen LogP contribution in [-0.2, 0) is 19.9 Å². The first-order valence-corrected chi connectivity index (χ1v) is 11.9. The number of carbonyl (C=O) groups excluding carboxylic acids is 1. The van der Waals surface area contributed by atoms with Crippen molar-refractivity contribution in [1.82, 2.24) is 9.21 Å². The molecule has 0 aliphatic carbocycles. The van der Waals surface area contributed by atoms with E-state index < -0.39 is 36.8 Å². The fourth-order valence-electron chi connectivity index (χ4n) is 3.28. The van der Waals surface area contributed by atoms with Crippen molar-refractivity contribution in [1.29, 1.82) is 0 Å². The fraction of sp³-hybridized carbons (Fsp3) is 0.533. The number of piperazine rings is 1. The molecule has 27 heavy (non-hydrogen) atoms. The maximum absolute atomic E-state index is 13.7. The number of sulfonamides is 1. The predicted molar refractivity (Wildman–Crippen MR) is 99.3 cm³/mol. The standard InChI is InChI=1S/C15H19ClFN3O5S2/c16-10-7-12(14(18)13(17)8-10)15(21)19-2-4-20(5-3-19)27(24,25)11-1-6-26(22,23)9-11/h7-8,11H,1-6,9,18H2/t11-/m0/s1. The summed E-state index contributed by atoms with van der Waals surface area (Å²) in [6, 6.07) is 2.28. The zero-order chi connectivity index (χ0) is 20.0. The zero-order valence-corrected chi connectivity index (χ0v) is 16.7. The number of hydrogen-bond acceptors (Lipinski definition) is 6. The maximum Gasteiger partial charge on any atom is 0.256 e. The normalized spacial score (nSPS) is 23.5. The molecule has 8 nitrogen and oxygen atoms in total. The lowest BCUT2D eigenvalue weighted by atomic mass is 10.1. The van der Waals surface area contributed by atoms with Crippen molar-refractivity contribution in [2.24, 2.45) is 0 Å². The SMILES string of the molecule is Nc1c(F)cc(Cl)cc1C(=O)N1CCN(S(=O)(=O)[C@H]2CCS(=O)(=O)C2)CC1. The Bertz CT molecular complexity index is 975. The molecule has 0 spiro atoms. The van der Waals surface area contributed by atoms with E-state index >= 15 is 0 Å². The van der Waals surface area contributed by atoms with Crippen molar-refractivity contribution in [3.8, 4) is 0 Å². The van der Waals surface area contributed by atoms with Gasteiger partial charge in [-0.3, -0.25) is 4.79 Å². The van der Waals surface area contributed by atoms with Crippen LogP contribution >= 0.6 is 11.6 Å².